The number of rotatable bonds is 7. The van der Waals surface area contributed by atoms with E-state index in [9.17, 15) is 4.79 Å². The molecule has 0 aliphatic carbocycles. The molecular formula is C11H20N4O2S. The fraction of sp³-hybridized carbons (Fsp3) is 0.727. The Morgan fingerprint density at radius 1 is 1.56 bits per heavy atom. The average molecular weight is 272 g/mol. The summed E-state index contributed by atoms with van der Waals surface area (Å²) < 4.78 is 1.93. The number of hydrogen-bond acceptors (Lipinski definition) is 5. The standard InChI is InChI=1S/C11H20N4O2S/c1-8-13-14-10(15(8)4)18-7-5-6-11(2,12-3)9(16)17/h12H,5-7H2,1-4H3,(H,16,17). The number of hydrogen-bond donors (Lipinski definition) is 2. The molecule has 1 atom stereocenters. The lowest BCUT2D eigenvalue weighted by molar-refractivity contribution is -0.144. The summed E-state index contributed by atoms with van der Waals surface area (Å²) in [6, 6.07) is 0. The van der Waals surface area contributed by atoms with Gasteiger partial charge in [-0.3, -0.25) is 4.79 Å². The van der Waals surface area contributed by atoms with Crippen LogP contribution in [-0.4, -0.2) is 44.2 Å². The van der Waals surface area contributed by atoms with Crippen LogP contribution in [0.3, 0.4) is 0 Å². The third kappa shape index (κ3) is 3.46. The maximum Gasteiger partial charge on any atom is 0.323 e. The average Bonchev–Trinajstić information content (AvgIpc) is 2.65. The number of aryl methyl sites for hydroxylation is 1. The molecule has 0 bridgehead atoms. The summed E-state index contributed by atoms with van der Waals surface area (Å²) in [6.07, 6.45) is 1.39. The summed E-state index contributed by atoms with van der Waals surface area (Å²) in [5, 5.41) is 20.8. The first-order valence-corrected chi connectivity index (χ1v) is 6.80. The van der Waals surface area contributed by atoms with E-state index in [2.05, 4.69) is 15.5 Å². The first kappa shape index (κ1) is 15.0. The second-order valence-corrected chi connectivity index (χ2v) is 5.49. The quantitative estimate of drug-likeness (QED) is 0.570. The van der Waals surface area contributed by atoms with Crippen molar-refractivity contribution in [2.75, 3.05) is 12.8 Å². The van der Waals surface area contributed by atoms with Crippen LogP contribution < -0.4 is 5.32 Å². The van der Waals surface area contributed by atoms with Gasteiger partial charge in [0.05, 0.1) is 0 Å². The van der Waals surface area contributed by atoms with Gasteiger partial charge in [-0.1, -0.05) is 11.8 Å². The molecule has 0 aliphatic heterocycles. The van der Waals surface area contributed by atoms with Crippen LogP contribution in [0.2, 0.25) is 0 Å². The van der Waals surface area contributed by atoms with E-state index in [-0.39, 0.29) is 0 Å². The summed E-state index contributed by atoms with van der Waals surface area (Å²) in [4.78, 5) is 11.1. The van der Waals surface area contributed by atoms with Crippen molar-refractivity contribution in [1.82, 2.24) is 20.1 Å². The Hall–Kier alpha value is -1.08. The van der Waals surface area contributed by atoms with E-state index < -0.39 is 11.5 Å². The van der Waals surface area contributed by atoms with Crippen molar-refractivity contribution < 1.29 is 9.90 Å². The molecule has 0 aromatic carbocycles. The number of aliphatic carboxylic acids is 1. The van der Waals surface area contributed by atoms with Gasteiger partial charge in [-0.15, -0.1) is 10.2 Å². The predicted octanol–water partition coefficient (Wildman–Crippen LogP) is 1.06. The van der Waals surface area contributed by atoms with Crippen molar-refractivity contribution >= 4 is 17.7 Å². The molecule has 0 radical (unpaired) electrons. The Kier molecular flexibility index (Phi) is 5.15. The highest BCUT2D eigenvalue weighted by Crippen LogP contribution is 2.20. The summed E-state index contributed by atoms with van der Waals surface area (Å²) in [6.45, 7) is 3.60. The number of likely N-dealkylation sites (N-methyl/N-ethyl adjacent to an activating group) is 1. The van der Waals surface area contributed by atoms with Gasteiger partial charge in [-0.25, -0.2) is 0 Å². The molecule has 1 heterocycles. The van der Waals surface area contributed by atoms with Gasteiger partial charge in [0.1, 0.15) is 11.4 Å². The van der Waals surface area contributed by atoms with Crippen molar-refractivity contribution in [2.24, 2.45) is 7.05 Å². The molecule has 18 heavy (non-hydrogen) atoms. The summed E-state index contributed by atoms with van der Waals surface area (Å²) in [5.41, 5.74) is -0.851. The first-order chi connectivity index (χ1) is 8.40. The number of carboxylic acids is 1. The predicted molar refractivity (Wildman–Crippen MR) is 70.8 cm³/mol. The van der Waals surface area contributed by atoms with Crippen LogP contribution in [-0.2, 0) is 11.8 Å². The van der Waals surface area contributed by atoms with Crippen molar-refractivity contribution in [3.05, 3.63) is 5.82 Å². The third-order valence-corrected chi connectivity index (χ3v) is 4.24. The van der Waals surface area contributed by atoms with Gasteiger partial charge in [0.2, 0.25) is 0 Å². The summed E-state index contributed by atoms with van der Waals surface area (Å²) in [5.74, 6) is 0.892. The smallest absolute Gasteiger partial charge is 0.323 e. The molecule has 1 rings (SSSR count). The first-order valence-electron chi connectivity index (χ1n) is 5.82. The minimum Gasteiger partial charge on any atom is -0.480 e. The maximum atomic E-state index is 11.1. The number of aromatic nitrogens is 3. The molecule has 0 saturated carbocycles. The Balaban J connectivity index is 2.39. The number of carboxylic acid groups (broad SMARTS) is 1. The van der Waals surface area contributed by atoms with Gasteiger partial charge in [0, 0.05) is 12.8 Å². The Labute approximate surface area is 111 Å². The van der Waals surface area contributed by atoms with Gasteiger partial charge >= 0.3 is 5.97 Å². The van der Waals surface area contributed by atoms with Crippen LogP contribution in [0.15, 0.2) is 5.16 Å². The van der Waals surface area contributed by atoms with Crippen LogP contribution in [0, 0.1) is 6.92 Å². The molecule has 6 nitrogen and oxygen atoms in total. The van der Waals surface area contributed by atoms with Crippen molar-refractivity contribution in [1.29, 1.82) is 0 Å². The molecule has 1 aromatic rings. The van der Waals surface area contributed by atoms with Gasteiger partial charge in [0.15, 0.2) is 5.16 Å². The highest BCUT2D eigenvalue weighted by atomic mass is 32.2. The van der Waals surface area contributed by atoms with Crippen LogP contribution in [0.25, 0.3) is 0 Å². The molecule has 7 heteroatoms. The monoisotopic (exact) mass is 272 g/mol. The molecule has 0 amide bonds. The lowest BCUT2D eigenvalue weighted by Crippen LogP contribution is -2.47. The molecule has 102 valence electrons. The maximum absolute atomic E-state index is 11.1. The molecule has 0 aliphatic rings. The van der Waals surface area contributed by atoms with Gasteiger partial charge in [0.25, 0.3) is 0 Å². The molecule has 1 unspecified atom stereocenters. The second-order valence-electron chi connectivity index (χ2n) is 4.43. The van der Waals surface area contributed by atoms with Crippen molar-refractivity contribution in [2.45, 2.75) is 37.4 Å². The molecule has 2 N–H and O–H groups in total. The second kappa shape index (κ2) is 6.19. The molecular weight excluding hydrogens is 252 g/mol. The lowest BCUT2D eigenvalue weighted by atomic mass is 9.97. The van der Waals surface area contributed by atoms with E-state index in [1.807, 2.05) is 18.5 Å². The highest BCUT2D eigenvalue weighted by molar-refractivity contribution is 7.99. The third-order valence-electron chi connectivity index (χ3n) is 3.13. The normalized spacial score (nSPS) is 14.4. The fourth-order valence-electron chi connectivity index (χ4n) is 1.44. The van der Waals surface area contributed by atoms with Crippen LogP contribution >= 0.6 is 11.8 Å². The van der Waals surface area contributed by atoms with Gasteiger partial charge in [-0.05, 0) is 33.7 Å². The Bertz CT molecular complexity index is 421. The zero-order valence-electron chi connectivity index (χ0n) is 11.2. The number of thioether (sulfide) groups is 1. The fourth-order valence-corrected chi connectivity index (χ4v) is 2.34. The topological polar surface area (TPSA) is 80.0 Å². The number of nitrogens with one attached hydrogen (secondary N) is 1. The summed E-state index contributed by atoms with van der Waals surface area (Å²) in [7, 11) is 3.60. The molecule has 0 spiro atoms. The zero-order valence-corrected chi connectivity index (χ0v) is 12.0. The van der Waals surface area contributed by atoms with Crippen LogP contribution in [0.1, 0.15) is 25.6 Å². The van der Waals surface area contributed by atoms with Gasteiger partial charge in [-0.2, -0.15) is 0 Å². The van der Waals surface area contributed by atoms with E-state index in [0.717, 1.165) is 23.2 Å². The van der Waals surface area contributed by atoms with E-state index >= 15 is 0 Å². The van der Waals surface area contributed by atoms with Crippen molar-refractivity contribution in [3.63, 3.8) is 0 Å². The van der Waals surface area contributed by atoms with Gasteiger partial charge < -0.3 is 15.0 Å². The Morgan fingerprint density at radius 2 is 2.22 bits per heavy atom. The van der Waals surface area contributed by atoms with E-state index in [0.29, 0.717) is 6.42 Å². The van der Waals surface area contributed by atoms with E-state index in [1.54, 1.807) is 25.7 Å². The molecule has 1 aromatic heterocycles. The minimum atomic E-state index is -0.851. The SMILES string of the molecule is CNC(C)(CCCSc1nnc(C)n1C)C(=O)O. The minimum absolute atomic E-state index is 0.586. The zero-order chi connectivity index (χ0) is 13.8. The highest BCUT2D eigenvalue weighted by Gasteiger charge is 2.30. The van der Waals surface area contributed by atoms with Crippen LogP contribution in [0.5, 0.6) is 0 Å². The van der Waals surface area contributed by atoms with Crippen molar-refractivity contribution in [3.8, 4) is 0 Å². The Morgan fingerprint density at radius 3 is 2.67 bits per heavy atom. The van der Waals surface area contributed by atoms with Crippen LogP contribution in [0.4, 0.5) is 0 Å². The van der Waals surface area contributed by atoms with E-state index in [1.165, 1.54) is 0 Å². The largest absolute Gasteiger partial charge is 0.480 e. The number of carbonyl (C=O) groups is 1. The lowest BCUT2D eigenvalue weighted by Gasteiger charge is -2.23. The molecule has 0 fully saturated rings. The number of nitrogens with zero attached hydrogens (tertiary/aromatic N) is 3. The molecule has 0 saturated heterocycles. The summed E-state index contributed by atoms with van der Waals surface area (Å²) >= 11 is 1.60. The van der Waals surface area contributed by atoms with E-state index in [4.69, 9.17) is 5.11 Å².